The number of nitrogens with zero attached hydrogens (tertiary/aromatic N) is 2. The zero-order valence-electron chi connectivity index (χ0n) is 11.3. The van der Waals surface area contributed by atoms with Crippen LogP contribution < -0.4 is 5.32 Å². The molecule has 3 rings (SSSR count). The summed E-state index contributed by atoms with van der Waals surface area (Å²) >= 11 is 7.73. The maximum Gasteiger partial charge on any atom is 0.0900 e. The Kier molecular flexibility index (Phi) is 3.59. The number of aromatic nitrogens is 2. The van der Waals surface area contributed by atoms with Crippen LogP contribution in [0.2, 0.25) is 5.02 Å². The standard InChI is InChI=1S/C15H14ClN3S/c1-9-15(19-10(2)20-9)8-18-13-5-6-17-14-7-11(16)3-4-12(13)14/h3-7H,8H2,1-2H3,(H,17,18). The molecule has 1 N–H and O–H groups in total. The molecule has 0 saturated carbocycles. The van der Waals surface area contributed by atoms with Gasteiger partial charge in [-0.2, -0.15) is 0 Å². The number of halogens is 1. The molecule has 0 aliphatic carbocycles. The average Bonchev–Trinajstić information content (AvgIpc) is 2.74. The Bertz CT molecular complexity index is 767. The molecule has 102 valence electrons. The van der Waals surface area contributed by atoms with Crippen LogP contribution in [-0.2, 0) is 6.54 Å². The number of hydrogen-bond donors (Lipinski definition) is 1. The molecule has 0 atom stereocenters. The summed E-state index contributed by atoms with van der Waals surface area (Å²) in [7, 11) is 0. The van der Waals surface area contributed by atoms with Gasteiger partial charge in [-0.25, -0.2) is 4.98 Å². The van der Waals surface area contributed by atoms with Gasteiger partial charge in [-0.15, -0.1) is 11.3 Å². The minimum Gasteiger partial charge on any atom is -0.379 e. The fourth-order valence-corrected chi connectivity index (χ4v) is 3.19. The highest BCUT2D eigenvalue weighted by Crippen LogP contribution is 2.25. The van der Waals surface area contributed by atoms with Gasteiger partial charge in [0.1, 0.15) is 0 Å². The Labute approximate surface area is 126 Å². The predicted molar refractivity (Wildman–Crippen MR) is 85.7 cm³/mol. The maximum atomic E-state index is 6.00. The lowest BCUT2D eigenvalue weighted by molar-refractivity contribution is 1.04. The lowest BCUT2D eigenvalue weighted by Crippen LogP contribution is -2.02. The number of nitrogens with one attached hydrogen (secondary N) is 1. The van der Waals surface area contributed by atoms with E-state index in [1.165, 1.54) is 4.88 Å². The molecule has 0 radical (unpaired) electrons. The lowest BCUT2D eigenvalue weighted by Gasteiger charge is -2.08. The van der Waals surface area contributed by atoms with E-state index in [0.29, 0.717) is 5.02 Å². The Balaban J connectivity index is 1.89. The fraction of sp³-hybridized carbons (Fsp3) is 0.200. The van der Waals surface area contributed by atoms with Crippen LogP contribution in [0.3, 0.4) is 0 Å². The third-order valence-corrected chi connectivity index (χ3v) is 4.31. The summed E-state index contributed by atoms with van der Waals surface area (Å²) in [6.45, 7) is 4.86. The molecule has 3 nitrogen and oxygen atoms in total. The second-order valence-corrected chi connectivity index (χ2v) is 6.45. The number of hydrogen-bond acceptors (Lipinski definition) is 4. The molecular weight excluding hydrogens is 290 g/mol. The summed E-state index contributed by atoms with van der Waals surface area (Å²) in [6.07, 6.45) is 1.79. The van der Waals surface area contributed by atoms with Crippen LogP contribution in [0.4, 0.5) is 5.69 Å². The number of benzene rings is 1. The van der Waals surface area contributed by atoms with Crippen LogP contribution in [-0.4, -0.2) is 9.97 Å². The average molecular weight is 304 g/mol. The summed E-state index contributed by atoms with van der Waals surface area (Å²) in [4.78, 5) is 10.1. The maximum absolute atomic E-state index is 6.00. The van der Waals surface area contributed by atoms with Crippen molar-refractivity contribution in [2.75, 3.05) is 5.32 Å². The van der Waals surface area contributed by atoms with E-state index >= 15 is 0 Å². The van der Waals surface area contributed by atoms with Gasteiger partial charge >= 0.3 is 0 Å². The Morgan fingerprint density at radius 1 is 1.25 bits per heavy atom. The molecular formula is C15H14ClN3S. The minimum absolute atomic E-state index is 0.702. The summed E-state index contributed by atoms with van der Waals surface area (Å²) in [5.41, 5.74) is 3.05. The molecule has 0 bridgehead atoms. The number of thiazole rings is 1. The fourth-order valence-electron chi connectivity index (χ4n) is 2.19. The molecule has 2 heterocycles. The monoisotopic (exact) mass is 303 g/mol. The zero-order valence-corrected chi connectivity index (χ0v) is 12.8. The van der Waals surface area contributed by atoms with Gasteiger partial charge in [-0.05, 0) is 38.1 Å². The Hall–Kier alpha value is -1.65. The van der Waals surface area contributed by atoms with Gasteiger partial charge in [0.15, 0.2) is 0 Å². The van der Waals surface area contributed by atoms with Gasteiger partial charge < -0.3 is 5.32 Å². The van der Waals surface area contributed by atoms with E-state index in [0.717, 1.165) is 33.8 Å². The first-order valence-corrected chi connectivity index (χ1v) is 7.54. The van der Waals surface area contributed by atoms with Gasteiger partial charge in [0.2, 0.25) is 0 Å². The Morgan fingerprint density at radius 2 is 2.10 bits per heavy atom. The molecule has 2 aromatic heterocycles. The highest BCUT2D eigenvalue weighted by atomic mass is 35.5. The van der Waals surface area contributed by atoms with Crippen molar-refractivity contribution in [2.24, 2.45) is 0 Å². The van der Waals surface area contributed by atoms with Crippen molar-refractivity contribution in [1.82, 2.24) is 9.97 Å². The van der Waals surface area contributed by atoms with Gasteiger partial charge in [0, 0.05) is 27.2 Å². The van der Waals surface area contributed by atoms with Crippen LogP contribution in [0.5, 0.6) is 0 Å². The van der Waals surface area contributed by atoms with Gasteiger partial charge in [-0.3, -0.25) is 4.98 Å². The molecule has 5 heteroatoms. The highest BCUT2D eigenvalue weighted by Gasteiger charge is 2.06. The molecule has 0 aliphatic rings. The second kappa shape index (κ2) is 5.38. The van der Waals surface area contributed by atoms with Crippen molar-refractivity contribution in [3.8, 4) is 0 Å². The van der Waals surface area contributed by atoms with E-state index in [4.69, 9.17) is 11.6 Å². The smallest absolute Gasteiger partial charge is 0.0900 e. The predicted octanol–water partition coefficient (Wildman–Crippen LogP) is 4.57. The molecule has 0 saturated heterocycles. The van der Waals surface area contributed by atoms with Crippen molar-refractivity contribution < 1.29 is 0 Å². The van der Waals surface area contributed by atoms with E-state index < -0.39 is 0 Å². The second-order valence-electron chi connectivity index (χ2n) is 4.61. The zero-order chi connectivity index (χ0) is 14.1. The molecule has 20 heavy (non-hydrogen) atoms. The van der Waals surface area contributed by atoms with E-state index in [-0.39, 0.29) is 0 Å². The van der Waals surface area contributed by atoms with Crippen LogP contribution >= 0.6 is 22.9 Å². The van der Waals surface area contributed by atoms with Crippen molar-refractivity contribution >= 4 is 39.5 Å². The molecule has 0 aliphatic heterocycles. The highest BCUT2D eigenvalue weighted by molar-refractivity contribution is 7.11. The molecule has 3 aromatic rings. The normalized spacial score (nSPS) is 10.9. The molecule has 0 spiro atoms. The van der Waals surface area contributed by atoms with Crippen LogP contribution in [0, 0.1) is 13.8 Å². The molecule has 0 amide bonds. The first-order chi connectivity index (χ1) is 9.63. The third-order valence-electron chi connectivity index (χ3n) is 3.15. The van der Waals surface area contributed by atoms with Crippen LogP contribution in [0.1, 0.15) is 15.6 Å². The van der Waals surface area contributed by atoms with Gasteiger partial charge in [-0.1, -0.05) is 11.6 Å². The minimum atomic E-state index is 0.702. The molecule has 1 aromatic carbocycles. The number of aryl methyl sites for hydroxylation is 2. The van der Waals surface area contributed by atoms with Crippen molar-refractivity contribution in [3.63, 3.8) is 0 Å². The summed E-state index contributed by atoms with van der Waals surface area (Å²) in [6, 6.07) is 7.73. The molecule has 0 unspecified atom stereocenters. The SMILES string of the molecule is Cc1nc(CNc2ccnc3cc(Cl)ccc23)c(C)s1. The van der Waals surface area contributed by atoms with Crippen molar-refractivity contribution in [2.45, 2.75) is 20.4 Å². The summed E-state index contributed by atoms with van der Waals surface area (Å²) in [5, 5.41) is 6.31. The van der Waals surface area contributed by atoms with Crippen LogP contribution in [0.15, 0.2) is 30.5 Å². The largest absolute Gasteiger partial charge is 0.379 e. The molecule has 0 fully saturated rings. The Morgan fingerprint density at radius 3 is 2.85 bits per heavy atom. The summed E-state index contributed by atoms with van der Waals surface area (Å²) in [5.74, 6) is 0. The third kappa shape index (κ3) is 2.62. The van der Waals surface area contributed by atoms with E-state index in [1.54, 1.807) is 17.5 Å². The van der Waals surface area contributed by atoms with Crippen LogP contribution in [0.25, 0.3) is 10.9 Å². The van der Waals surface area contributed by atoms with E-state index in [1.807, 2.05) is 31.2 Å². The number of rotatable bonds is 3. The van der Waals surface area contributed by atoms with Crippen molar-refractivity contribution in [3.05, 3.63) is 51.1 Å². The van der Waals surface area contributed by atoms with Gasteiger partial charge in [0.25, 0.3) is 0 Å². The van der Waals surface area contributed by atoms with E-state index in [2.05, 4.69) is 22.2 Å². The number of fused-ring (bicyclic) bond motifs is 1. The quantitative estimate of drug-likeness (QED) is 0.770. The lowest BCUT2D eigenvalue weighted by atomic mass is 10.2. The van der Waals surface area contributed by atoms with E-state index in [9.17, 15) is 0 Å². The summed E-state index contributed by atoms with van der Waals surface area (Å²) < 4.78 is 0. The number of pyridine rings is 1. The topological polar surface area (TPSA) is 37.8 Å². The van der Waals surface area contributed by atoms with Crippen molar-refractivity contribution in [1.29, 1.82) is 0 Å². The van der Waals surface area contributed by atoms with Gasteiger partial charge in [0.05, 0.1) is 22.8 Å². The first kappa shape index (κ1) is 13.3. The first-order valence-electron chi connectivity index (χ1n) is 6.34. The number of anilines is 1.